The van der Waals surface area contributed by atoms with Crippen LogP contribution in [0.4, 0.5) is 0 Å². The minimum absolute atomic E-state index is 0. The molecule has 0 spiro atoms. The van der Waals surface area contributed by atoms with Crippen LogP contribution in [0.25, 0.3) is 0 Å². The molecule has 6 heteroatoms. The first-order chi connectivity index (χ1) is 11.9. The summed E-state index contributed by atoms with van der Waals surface area (Å²) in [6, 6.07) is 0. The van der Waals surface area contributed by atoms with Crippen molar-refractivity contribution in [2.24, 2.45) is 0 Å². The predicted molar refractivity (Wildman–Crippen MR) is 105 cm³/mol. The van der Waals surface area contributed by atoms with Gasteiger partial charge in [0, 0.05) is 5.25 Å². The van der Waals surface area contributed by atoms with E-state index in [9.17, 15) is 18.1 Å². The quantitative estimate of drug-likeness (QED) is 0.218. The van der Waals surface area contributed by atoms with E-state index in [4.69, 9.17) is 0 Å². The van der Waals surface area contributed by atoms with E-state index in [2.05, 4.69) is 6.92 Å². The van der Waals surface area contributed by atoms with Gasteiger partial charge in [-0.1, -0.05) is 90.9 Å². The summed E-state index contributed by atoms with van der Waals surface area (Å²) >= 11 is 0. The maximum absolute atomic E-state index is 11.0. The van der Waals surface area contributed by atoms with Gasteiger partial charge in [0.05, 0.1) is 16.2 Å². The first kappa shape index (κ1) is 29.1. The normalized spacial score (nSPS) is 14.0. The van der Waals surface area contributed by atoms with Gasteiger partial charge in [-0.05, 0) is 25.7 Å². The van der Waals surface area contributed by atoms with Crippen LogP contribution < -0.4 is 29.6 Å². The summed E-state index contributed by atoms with van der Waals surface area (Å²) in [6.07, 6.45) is 16.5. The maximum atomic E-state index is 11.0. The largest absolute Gasteiger partial charge is 1.00 e. The van der Waals surface area contributed by atoms with Crippen molar-refractivity contribution in [2.45, 2.75) is 128 Å². The van der Waals surface area contributed by atoms with Crippen LogP contribution in [-0.2, 0) is 10.1 Å². The van der Waals surface area contributed by atoms with E-state index >= 15 is 0 Å². The summed E-state index contributed by atoms with van der Waals surface area (Å²) < 4.78 is 33.0. The molecule has 2 atom stereocenters. The van der Waals surface area contributed by atoms with E-state index in [1.807, 2.05) is 0 Å². The molecule has 0 saturated heterocycles. The smallest absolute Gasteiger partial charge is 0.748 e. The van der Waals surface area contributed by atoms with Crippen LogP contribution in [-0.4, -0.2) is 29.4 Å². The topological polar surface area (TPSA) is 77.4 Å². The Morgan fingerprint density at radius 2 is 1.12 bits per heavy atom. The Morgan fingerprint density at radius 1 is 0.731 bits per heavy atom. The average Bonchev–Trinajstić information content (AvgIpc) is 2.55. The summed E-state index contributed by atoms with van der Waals surface area (Å²) in [5, 5.41) is 9.27. The fraction of sp³-hybridized carbons (Fsp3) is 1.00. The second-order valence-corrected chi connectivity index (χ2v) is 9.08. The summed E-state index contributed by atoms with van der Waals surface area (Å²) in [4.78, 5) is 0. The second-order valence-electron chi connectivity index (χ2n) is 7.43. The van der Waals surface area contributed by atoms with Crippen molar-refractivity contribution in [1.82, 2.24) is 0 Å². The molecule has 0 aliphatic rings. The molecule has 0 aromatic heterocycles. The third-order valence-electron chi connectivity index (χ3n) is 5.07. The van der Waals surface area contributed by atoms with Gasteiger partial charge in [0.2, 0.25) is 0 Å². The summed E-state index contributed by atoms with van der Waals surface area (Å²) in [7, 11) is -4.13. The molecule has 2 unspecified atom stereocenters. The predicted octanol–water partition coefficient (Wildman–Crippen LogP) is 2.55. The fourth-order valence-electron chi connectivity index (χ4n) is 3.32. The second kappa shape index (κ2) is 19.2. The van der Waals surface area contributed by atoms with Crippen molar-refractivity contribution < 1.29 is 47.6 Å². The van der Waals surface area contributed by atoms with E-state index in [1.54, 1.807) is 6.92 Å². The molecule has 0 amide bonds. The Morgan fingerprint density at radius 3 is 1.50 bits per heavy atom. The van der Waals surface area contributed by atoms with Crippen LogP contribution in [0.2, 0.25) is 0 Å². The molecular formula is C20H41NaO4S. The molecular weight excluding hydrogens is 359 g/mol. The zero-order chi connectivity index (χ0) is 19.0. The number of hydrogen-bond donors (Lipinski definition) is 1. The van der Waals surface area contributed by atoms with Gasteiger partial charge in [-0.3, -0.25) is 0 Å². The Kier molecular flexibility index (Phi) is 21.5. The molecule has 0 bridgehead atoms. The van der Waals surface area contributed by atoms with Crippen LogP contribution in [0.1, 0.15) is 117 Å². The molecule has 1 N–H and O–H groups in total. The first-order valence-corrected chi connectivity index (χ1v) is 12.0. The number of hydrogen-bond acceptors (Lipinski definition) is 4. The van der Waals surface area contributed by atoms with E-state index in [-0.39, 0.29) is 35.7 Å². The molecule has 0 heterocycles. The van der Waals surface area contributed by atoms with Gasteiger partial charge in [-0.2, -0.15) is 0 Å². The van der Waals surface area contributed by atoms with Crippen LogP contribution in [0.5, 0.6) is 0 Å². The Labute approximate surface area is 185 Å². The molecule has 0 aliphatic heterocycles. The minimum Gasteiger partial charge on any atom is -0.748 e. The van der Waals surface area contributed by atoms with Gasteiger partial charge in [0.1, 0.15) is 0 Å². The molecule has 0 fully saturated rings. The molecule has 26 heavy (non-hydrogen) atoms. The third-order valence-corrected chi connectivity index (χ3v) is 6.45. The number of aliphatic hydroxyl groups excluding tert-OH is 1. The summed E-state index contributed by atoms with van der Waals surface area (Å²) in [6.45, 7) is 3.99. The Bertz CT molecular complexity index is 387. The van der Waals surface area contributed by atoms with Gasteiger partial charge < -0.3 is 9.66 Å². The van der Waals surface area contributed by atoms with Gasteiger partial charge >= 0.3 is 29.6 Å². The zero-order valence-corrected chi connectivity index (χ0v) is 20.4. The van der Waals surface area contributed by atoms with Crippen LogP contribution in [0.3, 0.4) is 0 Å². The first-order valence-electron chi connectivity index (χ1n) is 10.5. The number of unbranched alkanes of at least 4 members (excludes halogenated alkanes) is 10. The molecule has 152 valence electrons. The zero-order valence-electron chi connectivity index (χ0n) is 17.5. The molecule has 0 aliphatic carbocycles. The van der Waals surface area contributed by atoms with E-state index < -0.39 is 15.4 Å². The van der Waals surface area contributed by atoms with Gasteiger partial charge in [0.25, 0.3) is 0 Å². The SMILES string of the molecule is CCCCCCCCCCC(O)CCCCCCC(CC)S(=O)(=O)[O-].[Na+]. The van der Waals surface area contributed by atoms with Gasteiger partial charge in [0.15, 0.2) is 0 Å². The molecule has 0 saturated carbocycles. The van der Waals surface area contributed by atoms with Gasteiger partial charge in [-0.25, -0.2) is 8.42 Å². The van der Waals surface area contributed by atoms with Gasteiger partial charge in [-0.15, -0.1) is 0 Å². The van der Waals surface area contributed by atoms with Crippen molar-refractivity contribution in [3.05, 3.63) is 0 Å². The third kappa shape index (κ3) is 18.2. The minimum atomic E-state index is -4.13. The summed E-state index contributed by atoms with van der Waals surface area (Å²) in [5.74, 6) is 0. The Hall–Kier alpha value is 0.870. The molecule has 0 aromatic carbocycles. The fourth-order valence-corrected chi connectivity index (χ4v) is 4.18. The monoisotopic (exact) mass is 400 g/mol. The summed E-state index contributed by atoms with van der Waals surface area (Å²) in [5.41, 5.74) is 0. The Balaban J connectivity index is 0. The maximum Gasteiger partial charge on any atom is 1.00 e. The molecule has 0 aromatic rings. The van der Waals surface area contributed by atoms with Crippen molar-refractivity contribution in [3.8, 4) is 0 Å². The van der Waals surface area contributed by atoms with E-state index in [0.29, 0.717) is 12.8 Å². The number of rotatable bonds is 18. The van der Waals surface area contributed by atoms with Crippen molar-refractivity contribution in [3.63, 3.8) is 0 Å². The van der Waals surface area contributed by atoms with Crippen LogP contribution in [0, 0.1) is 0 Å². The molecule has 4 nitrogen and oxygen atoms in total. The molecule has 0 rings (SSSR count). The molecule has 0 radical (unpaired) electrons. The van der Waals surface area contributed by atoms with Crippen molar-refractivity contribution in [1.29, 1.82) is 0 Å². The van der Waals surface area contributed by atoms with Crippen LogP contribution >= 0.6 is 0 Å². The number of aliphatic hydroxyl groups is 1. The van der Waals surface area contributed by atoms with Crippen molar-refractivity contribution in [2.75, 3.05) is 0 Å². The van der Waals surface area contributed by atoms with Crippen LogP contribution in [0.15, 0.2) is 0 Å². The van der Waals surface area contributed by atoms with E-state index in [0.717, 1.165) is 44.9 Å². The average molecular weight is 401 g/mol. The van der Waals surface area contributed by atoms with E-state index in [1.165, 1.54) is 44.9 Å². The standard InChI is InChI=1S/C20H42O4S.Na/c1-3-5-6-7-8-9-10-13-16-19(21)17-14-11-12-15-18-20(4-2)25(22,23)24;/h19-21H,3-18H2,1-2H3,(H,22,23,24);/q;+1/p-1. The van der Waals surface area contributed by atoms with Crippen molar-refractivity contribution >= 4 is 10.1 Å².